The van der Waals surface area contributed by atoms with Gasteiger partial charge in [0, 0.05) is 15.6 Å². The number of nitrogens with one attached hydrogen (secondary N) is 1. The summed E-state index contributed by atoms with van der Waals surface area (Å²) in [5, 5.41) is 12.4. The van der Waals surface area contributed by atoms with Crippen molar-refractivity contribution in [2.45, 2.75) is 12.8 Å². The van der Waals surface area contributed by atoms with Crippen LogP contribution in [0.4, 0.5) is 0 Å². The van der Waals surface area contributed by atoms with Crippen molar-refractivity contribution in [3.63, 3.8) is 0 Å². The Labute approximate surface area is 178 Å². The quantitative estimate of drug-likeness (QED) is 0.605. The number of ether oxygens (including phenoxy) is 1. The Morgan fingerprint density at radius 2 is 1.66 bits per heavy atom. The highest BCUT2D eigenvalue weighted by Gasteiger charge is 2.16. The van der Waals surface area contributed by atoms with Gasteiger partial charge >= 0.3 is 0 Å². The van der Waals surface area contributed by atoms with Gasteiger partial charge in [0.2, 0.25) is 5.88 Å². The minimum absolute atomic E-state index is 0.541. The Balaban J connectivity index is 1.66. The minimum atomic E-state index is 0.541. The van der Waals surface area contributed by atoms with E-state index in [1.54, 1.807) is 18.3 Å². The Morgan fingerprint density at radius 1 is 1.00 bits per heavy atom. The molecular weight excluding hydrogens is 428 g/mol. The molecule has 2 heterocycles. The lowest BCUT2D eigenvalue weighted by Crippen LogP contribution is -2.30. The molecule has 29 heavy (non-hydrogen) atoms. The largest absolute Gasteiger partial charge is 0.476 e. The van der Waals surface area contributed by atoms with Gasteiger partial charge in [-0.25, -0.2) is 9.97 Å². The molecule has 5 nitrogen and oxygen atoms in total. The van der Waals surface area contributed by atoms with Crippen molar-refractivity contribution in [1.29, 1.82) is 5.26 Å². The summed E-state index contributed by atoms with van der Waals surface area (Å²) in [6.45, 7) is 2.75. The molecule has 0 bridgehead atoms. The first-order valence-corrected chi connectivity index (χ1v) is 10.5. The maximum Gasteiger partial charge on any atom is 0.232 e. The van der Waals surface area contributed by atoms with Crippen LogP contribution in [0.5, 0.6) is 5.88 Å². The molecule has 1 aromatic heterocycles. The first-order chi connectivity index (χ1) is 14.2. The normalized spacial score (nSPS) is 14.3. The van der Waals surface area contributed by atoms with Crippen LogP contribution in [0.3, 0.4) is 0 Å². The zero-order valence-electron chi connectivity index (χ0n) is 15.9. The molecule has 3 aromatic rings. The molecule has 0 spiro atoms. The second-order valence-corrected chi connectivity index (χ2v) is 8.02. The smallest absolute Gasteiger partial charge is 0.232 e. The van der Waals surface area contributed by atoms with Crippen LogP contribution in [-0.2, 0) is 0 Å². The lowest BCUT2D eigenvalue weighted by molar-refractivity contribution is 0.208. The van der Waals surface area contributed by atoms with Gasteiger partial charge in [0.1, 0.15) is 5.69 Å². The van der Waals surface area contributed by atoms with Gasteiger partial charge < -0.3 is 10.1 Å². The molecule has 0 unspecified atom stereocenters. The summed E-state index contributed by atoms with van der Waals surface area (Å²) in [6.07, 6.45) is 3.93. The van der Waals surface area contributed by atoms with E-state index in [0.29, 0.717) is 24.0 Å². The van der Waals surface area contributed by atoms with E-state index in [-0.39, 0.29) is 0 Å². The molecule has 1 N–H and O–H groups in total. The average Bonchev–Trinajstić information content (AvgIpc) is 2.79. The molecule has 1 fully saturated rings. The van der Waals surface area contributed by atoms with Crippen LogP contribution in [0.2, 0.25) is 0 Å². The van der Waals surface area contributed by atoms with Gasteiger partial charge in [-0.1, -0.05) is 40.2 Å². The number of nitriles is 1. The molecule has 0 amide bonds. The number of halogens is 1. The zero-order chi connectivity index (χ0) is 20.1. The van der Waals surface area contributed by atoms with Crippen LogP contribution in [-0.4, -0.2) is 29.7 Å². The van der Waals surface area contributed by atoms with Crippen LogP contribution in [0, 0.1) is 17.2 Å². The van der Waals surface area contributed by atoms with Crippen molar-refractivity contribution in [2.75, 3.05) is 19.7 Å². The van der Waals surface area contributed by atoms with E-state index >= 15 is 0 Å². The third-order valence-electron chi connectivity index (χ3n) is 5.08. The molecule has 0 aliphatic carbocycles. The first kappa shape index (κ1) is 19.6. The van der Waals surface area contributed by atoms with Crippen LogP contribution in [0.25, 0.3) is 22.5 Å². The lowest BCUT2D eigenvalue weighted by Gasteiger charge is -2.22. The van der Waals surface area contributed by atoms with E-state index in [9.17, 15) is 0 Å². The monoisotopic (exact) mass is 448 g/mol. The van der Waals surface area contributed by atoms with Crippen LogP contribution < -0.4 is 10.1 Å². The summed E-state index contributed by atoms with van der Waals surface area (Å²) in [5.41, 5.74) is 4.04. The highest BCUT2D eigenvalue weighted by molar-refractivity contribution is 9.10. The van der Waals surface area contributed by atoms with Crippen LogP contribution >= 0.6 is 15.9 Å². The lowest BCUT2D eigenvalue weighted by atomic mass is 9.99. The minimum Gasteiger partial charge on any atom is -0.476 e. The number of nitrogens with zero attached hydrogens (tertiary/aromatic N) is 3. The number of rotatable bonds is 5. The Morgan fingerprint density at radius 3 is 2.34 bits per heavy atom. The number of benzene rings is 2. The van der Waals surface area contributed by atoms with Crippen molar-refractivity contribution < 1.29 is 4.74 Å². The number of aromatic nitrogens is 2. The van der Waals surface area contributed by atoms with Crippen molar-refractivity contribution in [3.05, 3.63) is 64.8 Å². The zero-order valence-corrected chi connectivity index (χ0v) is 17.5. The number of hydrogen-bond acceptors (Lipinski definition) is 5. The van der Waals surface area contributed by atoms with E-state index in [2.05, 4.69) is 32.3 Å². The van der Waals surface area contributed by atoms with E-state index < -0.39 is 0 Å². The molecule has 146 valence electrons. The second-order valence-electron chi connectivity index (χ2n) is 7.11. The van der Waals surface area contributed by atoms with Crippen LogP contribution in [0.15, 0.2) is 59.2 Å². The fraction of sp³-hybridized carbons (Fsp3) is 0.261. The summed E-state index contributed by atoms with van der Waals surface area (Å²) in [4.78, 5) is 9.47. The molecular formula is C23H21BrN4O. The third kappa shape index (κ3) is 4.81. The maximum absolute atomic E-state index is 9.06. The van der Waals surface area contributed by atoms with Gasteiger partial charge in [0.15, 0.2) is 0 Å². The van der Waals surface area contributed by atoms with Crippen LogP contribution in [0.1, 0.15) is 18.4 Å². The predicted octanol–water partition coefficient (Wildman–Crippen LogP) is 4.82. The molecule has 0 saturated carbocycles. The summed E-state index contributed by atoms with van der Waals surface area (Å²) >= 11 is 3.48. The maximum atomic E-state index is 9.06. The van der Waals surface area contributed by atoms with Gasteiger partial charge in [-0.3, -0.25) is 0 Å². The molecule has 0 radical (unpaired) electrons. The Kier molecular flexibility index (Phi) is 6.18. The molecule has 1 saturated heterocycles. The standard InChI is InChI=1S/C23H21BrN4O/c24-20-7-5-19(6-8-20)23-22(18-3-1-16(13-25)2-4-18)27-14-21(28-23)29-15-17-9-11-26-12-10-17/h1-8,14,17,26H,9-12,15H2. The third-order valence-corrected chi connectivity index (χ3v) is 5.61. The molecule has 4 rings (SSSR count). The van der Waals surface area contributed by atoms with Gasteiger partial charge in [-0.15, -0.1) is 0 Å². The van der Waals surface area contributed by atoms with E-state index in [4.69, 9.17) is 15.0 Å². The van der Waals surface area contributed by atoms with Gasteiger partial charge in [-0.05, 0) is 56.1 Å². The Bertz CT molecular complexity index is 1010. The summed E-state index contributed by atoms with van der Waals surface area (Å²) in [5.74, 6) is 1.09. The fourth-order valence-corrected chi connectivity index (χ4v) is 3.68. The molecule has 1 aliphatic heterocycles. The van der Waals surface area contributed by atoms with Gasteiger partial charge in [-0.2, -0.15) is 5.26 Å². The molecule has 2 aromatic carbocycles. The summed E-state index contributed by atoms with van der Waals surface area (Å²) < 4.78 is 7.01. The number of piperidine rings is 1. The first-order valence-electron chi connectivity index (χ1n) is 9.70. The van der Waals surface area contributed by atoms with Crippen molar-refractivity contribution >= 4 is 15.9 Å². The van der Waals surface area contributed by atoms with E-state index in [1.807, 2.05) is 36.4 Å². The van der Waals surface area contributed by atoms with Gasteiger partial charge in [0.25, 0.3) is 0 Å². The number of hydrogen-bond donors (Lipinski definition) is 1. The fourth-order valence-electron chi connectivity index (χ4n) is 3.42. The summed E-state index contributed by atoms with van der Waals surface area (Å²) in [6, 6.07) is 17.5. The predicted molar refractivity (Wildman–Crippen MR) is 116 cm³/mol. The van der Waals surface area contributed by atoms with Crippen molar-refractivity contribution in [3.8, 4) is 34.5 Å². The molecule has 6 heteroatoms. The molecule has 1 aliphatic rings. The Hall–Kier alpha value is -2.75. The van der Waals surface area contributed by atoms with E-state index in [0.717, 1.165) is 52.9 Å². The highest BCUT2D eigenvalue weighted by Crippen LogP contribution is 2.31. The SMILES string of the molecule is N#Cc1ccc(-c2ncc(OCC3CCNCC3)nc2-c2ccc(Br)cc2)cc1. The molecule has 0 atom stereocenters. The average molecular weight is 449 g/mol. The summed E-state index contributed by atoms with van der Waals surface area (Å²) in [7, 11) is 0. The van der Waals surface area contributed by atoms with E-state index in [1.165, 1.54) is 0 Å². The van der Waals surface area contributed by atoms with Crippen molar-refractivity contribution in [2.24, 2.45) is 5.92 Å². The van der Waals surface area contributed by atoms with Crippen molar-refractivity contribution in [1.82, 2.24) is 15.3 Å². The topological polar surface area (TPSA) is 70.8 Å². The van der Waals surface area contributed by atoms with Gasteiger partial charge in [0.05, 0.1) is 30.1 Å². The highest BCUT2D eigenvalue weighted by atomic mass is 79.9. The second kappa shape index (κ2) is 9.17.